The van der Waals surface area contributed by atoms with Gasteiger partial charge in [0.1, 0.15) is 17.3 Å². The molecule has 18 heavy (non-hydrogen) atoms. The Kier molecular flexibility index (Phi) is 3.72. The Labute approximate surface area is 108 Å². The van der Waals surface area contributed by atoms with Gasteiger partial charge in [-0.2, -0.15) is 0 Å². The Morgan fingerprint density at radius 1 is 1.39 bits per heavy atom. The zero-order valence-corrected chi connectivity index (χ0v) is 10.5. The summed E-state index contributed by atoms with van der Waals surface area (Å²) in [5.74, 6) is 0.510. The van der Waals surface area contributed by atoms with Crippen molar-refractivity contribution in [2.45, 2.75) is 17.6 Å². The number of furan rings is 1. The van der Waals surface area contributed by atoms with Crippen molar-refractivity contribution in [3.63, 3.8) is 0 Å². The summed E-state index contributed by atoms with van der Waals surface area (Å²) in [5, 5.41) is 8.84. The molecule has 0 bridgehead atoms. The van der Waals surface area contributed by atoms with Crippen molar-refractivity contribution >= 4 is 17.7 Å². The van der Waals surface area contributed by atoms with Crippen LogP contribution in [0, 0.1) is 12.7 Å². The van der Waals surface area contributed by atoms with Gasteiger partial charge < -0.3 is 9.52 Å². The molecule has 0 unspecified atom stereocenters. The fourth-order valence-corrected chi connectivity index (χ4v) is 2.33. The fraction of sp³-hybridized carbons (Fsp3) is 0.154. The van der Waals surface area contributed by atoms with E-state index in [1.165, 1.54) is 30.0 Å². The number of benzene rings is 1. The monoisotopic (exact) mass is 266 g/mol. The molecule has 2 rings (SSSR count). The second-order valence-electron chi connectivity index (χ2n) is 3.75. The van der Waals surface area contributed by atoms with Gasteiger partial charge in [-0.1, -0.05) is 0 Å². The van der Waals surface area contributed by atoms with Crippen molar-refractivity contribution in [1.82, 2.24) is 0 Å². The van der Waals surface area contributed by atoms with Crippen LogP contribution in [-0.4, -0.2) is 11.1 Å². The summed E-state index contributed by atoms with van der Waals surface area (Å²) in [4.78, 5) is 11.1. The Hall–Kier alpha value is -1.75. The highest BCUT2D eigenvalue weighted by Gasteiger charge is 2.10. The molecule has 3 nitrogen and oxygen atoms in total. The molecule has 0 saturated carbocycles. The van der Waals surface area contributed by atoms with Gasteiger partial charge in [-0.05, 0) is 37.3 Å². The molecule has 0 spiro atoms. The van der Waals surface area contributed by atoms with E-state index in [1.807, 2.05) is 19.1 Å². The lowest BCUT2D eigenvalue weighted by molar-refractivity contribution is 0.0696. The van der Waals surface area contributed by atoms with Crippen LogP contribution in [0.5, 0.6) is 0 Å². The van der Waals surface area contributed by atoms with Gasteiger partial charge in [0.05, 0.1) is 11.3 Å². The first-order valence-electron chi connectivity index (χ1n) is 5.27. The van der Waals surface area contributed by atoms with E-state index < -0.39 is 11.8 Å². The molecule has 0 amide bonds. The van der Waals surface area contributed by atoms with Crippen molar-refractivity contribution in [2.24, 2.45) is 0 Å². The topological polar surface area (TPSA) is 50.4 Å². The first-order valence-corrected chi connectivity index (χ1v) is 6.26. The molecular weight excluding hydrogens is 255 g/mol. The standard InChI is InChI=1S/C13H11FO3S/c1-8-2-4-10(17-8)7-18-12-6-9(13(15)16)3-5-11(12)14/h2-6H,7H2,1H3,(H,15,16). The van der Waals surface area contributed by atoms with Crippen LogP contribution in [-0.2, 0) is 5.75 Å². The zero-order chi connectivity index (χ0) is 13.1. The van der Waals surface area contributed by atoms with E-state index in [1.54, 1.807) is 0 Å². The third-order valence-electron chi connectivity index (χ3n) is 2.34. The Morgan fingerprint density at radius 3 is 2.78 bits per heavy atom. The number of aromatic carboxylic acids is 1. The van der Waals surface area contributed by atoms with E-state index >= 15 is 0 Å². The molecule has 0 fully saturated rings. The summed E-state index contributed by atoms with van der Waals surface area (Å²) in [5.41, 5.74) is 0.0783. The third-order valence-corrected chi connectivity index (χ3v) is 3.40. The fourth-order valence-electron chi connectivity index (χ4n) is 1.46. The van der Waals surface area contributed by atoms with Crippen molar-refractivity contribution in [1.29, 1.82) is 0 Å². The first-order chi connectivity index (χ1) is 8.56. The summed E-state index contributed by atoms with van der Waals surface area (Å²) in [6.07, 6.45) is 0. The molecule has 1 heterocycles. The Morgan fingerprint density at radius 2 is 2.17 bits per heavy atom. The van der Waals surface area contributed by atoms with Gasteiger partial charge >= 0.3 is 5.97 Å². The summed E-state index contributed by atoms with van der Waals surface area (Å²) in [7, 11) is 0. The van der Waals surface area contributed by atoms with Crippen LogP contribution in [0.1, 0.15) is 21.9 Å². The highest BCUT2D eigenvalue weighted by atomic mass is 32.2. The molecule has 5 heteroatoms. The van der Waals surface area contributed by atoms with Crippen LogP contribution in [0.2, 0.25) is 0 Å². The minimum absolute atomic E-state index is 0.0783. The summed E-state index contributed by atoms with van der Waals surface area (Å²) in [6, 6.07) is 7.40. The van der Waals surface area contributed by atoms with Crippen molar-refractivity contribution in [3.05, 3.63) is 53.2 Å². The van der Waals surface area contributed by atoms with Crippen LogP contribution in [0.3, 0.4) is 0 Å². The van der Waals surface area contributed by atoms with Crippen molar-refractivity contribution in [3.8, 4) is 0 Å². The number of carbonyl (C=O) groups is 1. The number of halogens is 1. The second-order valence-corrected chi connectivity index (χ2v) is 4.77. The predicted molar refractivity (Wildman–Crippen MR) is 66.4 cm³/mol. The van der Waals surface area contributed by atoms with E-state index in [0.29, 0.717) is 10.6 Å². The maximum atomic E-state index is 13.5. The molecule has 0 aliphatic heterocycles. The van der Waals surface area contributed by atoms with Gasteiger partial charge in [0.15, 0.2) is 0 Å². The molecule has 0 atom stereocenters. The smallest absolute Gasteiger partial charge is 0.335 e. The van der Waals surface area contributed by atoms with Crippen molar-refractivity contribution < 1.29 is 18.7 Å². The number of hydrogen-bond donors (Lipinski definition) is 1. The molecular formula is C13H11FO3S. The Bertz CT molecular complexity index is 577. The molecule has 94 valence electrons. The first kappa shape index (κ1) is 12.7. The number of carboxylic acid groups (broad SMARTS) is 1. The number of carboxylic acids is 1. The SMILES string of the molecule is Cc1ccc(CSc2cc(C(=O)O)ccc2F)o1. The summed E-state index contributed by atoms with van der Waals surface area (Å²) < 4.78 is 18.9. The Balaban J connectivity index is 2.13. The number of thioether (sulfide) groups is 1. The van der Waals surface area contributed by atoms with E-state index in [9.17, 15) is 9.18 Å². The van der Waals surface area contributed by atoms with Crippen LogP contribution in [0.25, 0.3) is 0 Å². The summed E-state index contributed by atoms with van der Waals surface area (Å²) in [6.45, 7) is 1.83. The van der Waals surface area contributed by atoms with Gasteiger partial charge in [0.25, 0.3) is 0 Å². The van der Waals surface area contributed by atoms with Crippen LogP contribution < -0.4 is 0 Å². The van der Waals surface area contributed by atoms with Gasteiger partial charge in [-0.15, -0.1) is 11.8 Å². The third kappa shape index (κ3) is 2.92. The van der Waals surface area contributed by atoms with Crippen LogP contribution >= 0.6 is 11.8 Å². The summed E-state index contributed by atoms with van der Waals surface area (Å²) >= 11 is 1.21. The highest BCUT2D eigenvalue weighted by Crippen LogP contribution is 2.27. The number of rotatable bonds is 4. The predicted octanol–water partition coefficient (Wildman–Crippen LogP) is 3.72. The van der Waals surface area contributed by atoms with Crippen molar-refractivity contribution in [2.75, 3.05) is 0 Å². The maximum Gasteiger partial charge on any atom is 0.335 e. The van der Waals surface area contributed by atoms with E-state index in [4.69, 9.17) is 9.52 Å². The zero-order valence-electron chi connectivity index (χ0n) is 9.64. The number of aryl methyl sites for hydroxylation is 1. The van der Waals surface area contributed by atoms with E-state index in [-0.39, 0.29) is 5.56 Å². The van der Waals surface area contributed by atoms with Gasteiger partial charge in [-0.25, -0.2) is 9.18 Å². The quantitative estimate of drug-likeness (QED) is 0.857. The average Bonchev–Trinajstić information content (AvgIpc) is 2.74. The second kappa shape index (κ2) is 5.27. The molecule has 2 aromatic rings. The van der Waals surface area contributed by atoms with Gasteiger partial charge in [0.2, 0.25) is 0 Å². The lowest BCUT2D eigenvalue weighted by Gasteiger charge is -2.03. The lowest BCUT2D eigenvalue weighted by Crippen LogP contribution is -1.97. The molecule has 0 saturated heterocycles. The van der Waals surface area contributed by atoms with Gasteiger partial charge in [-0.3, -0.25) is 0 Å². The molecule has 0 radical (unpaired) electrons. The molecule has 1 N–H and O–H groups in total. The maximum absolute atomic E-state index is 13.5. The molecule has 1 aromatic heterocycles. The van der Waals surface area contributed by atoms with Crippen LogP contribution in [0.15, 0.2) is 39.6 Å². The average molecular weight is 266 g/mol. The molecule has 0 aliphatic rings. The number of hydrogen-bond acceptors (Lipinski definition) is 3. The van der Waals surface area contributed by atoms with E-state index in [0.717, 1.165) is 11.5 Å². The minimum atomic E-state index is -1.06. The molecule has 1 aromatic carbocycles. The molecule has 0 aliphatic carbocycles. The largest absolute Gasteiger partial charge is 0.478 e. The highest BCUT2D eigenvalue weighted by molar-refractivity contribution is 7.98. The normalized spacial score (nSPS) is 10.6. The van der Waals surface area contributed by atoms with E-state index in [2.05, 4.69) is 0 Å². The van der Waals surface area contributed by atoms with Crippen LogP contribution in [0.4, 0.5) is 4.39 Å². The lowest BCUT2D eigenvalue weighted by atomic mass is 10.2. The minimum Gasteiger partial charge on any atom is -0.478 e. The van der Waals surface area contributed by atoms with Gasteiger partial charge in [0, 0.05) is 4.90 Å².